The normalized spacial score (nSPS) is 10.6. The van der Waals surface area contributed by atoms with Gasteiger partial charge < -0.3 is 10.4 Å². The first-order chi connectivity index (χ1) is 10.6. The summed E-state index contributed by atoms with van der Waals surface area (Å²) in [6, 6.07) is 14.2. The van der Waals surface area contributed by atoms with Crippen molar-refractivity contribution in [2.45, 2.75) is 13.3 Å². The molecule has 0 heterocycles. The van der Waals surface area contributed by atoms with E-state index < -0.39 is 5.97 Å². The second-order valence-corrected chi connectivity index (χ2v) is 4.77. The maximum atomic E-state index is 11.9. The number of nitrogens with one attached hydrogen (secondary N) is 1. The molecule has 0 unspecified atom stereocenters. The Morgan fingerprint density at radius 1 is 1.14 bits per heavy atom. The summed E-state index contributed by atoms with van der Waals surface area (Å²) in [6.45, 7) is 2.07. The van der Waals surface area contributed by atoms with Crippen LogP contribution in [-0.4, -0.2) is 17.0 Å². The van der Waals surface area contributed by atoms with Crippen molar-refractivity contribution < 1.29 is 14.7 Å². The van der Waals surface area contributed by atoms with Crippen LogP contribution in [0.4, 0.5) is 5.69 Å². The molecule has 2 aromatic rings. The highest BCUT2D eigenvalue weighted by Crippen LogP contribution is 2.15. The molecule has 2 N–H and O–H groups in total. The molecule has 0 aromatic heterocycles. The monoisotopic (exact) mass is 295 g/mol. The van der Waals surface area contributed by atoms with Gasteiger partial charge in [0.1, 0.15) is 0 Å². The molecule has 0 radical (unpaired) electrons. The topological polar surface area (TPSA) is 66.4 Å². The van der Waals surface area contributed by atoms with E-state index in [1.807, 2.05) is 24.3 Å². The van der Waals surface area contributed by atoms with E-state index in [1.54, 1.807) is 24.3 Å². The van der Waals surface area contributed by atoms with E-state index in [0.29, 0.717) is 0 Å². The lowest BCUT2D eigenvalue weighted by atomic mass is 10.1. The van der Waals surface area contributed by atoms with Gasteiger partial charge in [0.25, 0.3) is 0 Å². The Hall–Kier alpha value is -2.88. The zero-order chi connectivity index (χ0) is 15.9. The van der Waals surface area contributed by atoms with Gasteiger partial charge in [-0.2, -0.15) is 0 Å². The van der Waals surface area contributed by atoms with Crippen LogP contribution in [0, 0.1) is 0 Å². The van der Waals surface area contributed by atoms with Crippen molar-refractivity contribution in [3.63, 3.8) is 0 Å². The number of carboxylic acid groups (broad SMARTS) is 1. The molecular weight excluding hydrogens is 278 g/mol. The number of aryl methyl sites for hydroxylation is 1. The van der Waals surface area contributed by atoms with Crippen molar-refractivity contribution in [2.75, 3.05) is 5.32 Å². The van der Waals surface area contributed by atoms with Gasteiger partial charge in [0, 0.05) is 6.08 Å². The molecule has 0 aliphatic rings. The molecule has 112 valence electrons. The number of hydrogen-bond donors (Lipinski definition) is 2. The van der Waals surface area contributed by atoms with Gasteiger partial charge in [-0.05, 0) is 35.8 Å². The summed E-state index contributed by atoms with van der Waals surface area (Å²) in [5, 5.41) is 11.7. The first kappa shape index (κ1) is 15.5. The van der Waals surface area contributed by atoms with Gasteiger partial charge in [-0.25, -0.2) is 4.79 Å². The summed E-state index contributed by atoms with van der Waals surface area (Å²) in [5.41, 5.74) is 2.48. The minimum absolute atomic E-state index is 0.0669. The van der Waals surface area contributed by atoms with Crippen molar-refractivity contribution in [1.29, 1.82) is 0 Å². The fraction of sp³-hybridized carbons (Fsp3) is 0.111. The minimum atomic E-state index is -1.07. The average molecular weight is 295 g/mol. The lowest BCUT2D eigenvalue weighted by Crippen LogP contribution is -2.11. The lowest BCUT2D eigenvalue weighted by molar-refractivity contribution is -0.111. The molecule has 0 aliphatic heterocycles. The molecule has 22 heavy (non-hydrogen) atoms. The van der Waals surface area contributed by atoms with Crippen molar-refractivity contribution in [3.8, 4) is 0 Å². The fourth-order valence-corrected chi connectivity index (χ4v) is 2.04. The van der Waals surface area contributed by atoms with Gasteiger partial charge in [0.05, 0.1) is 11.3 Å². The predicted octanol–water partition coefficient (Wildman–Crippen LogP) is 3.60. The first-order valence-electron chi connectivity index (χ1n) is 7.00. The number of aromatic carboxylic acids is 1. The van der Waals surface area contributed by atoms with Crippen LogP contribution in [0.2, 0.25) is 0 Å². The summed E-state index contributed by atoms with van der Waals surface area (Å²) in [5.74, 6) is -1.44. The molecular formula is C18H17NO3. The van der Waals surface area contributed by atoms with Crippen LogP contribution in [0.1, 0.15) is 28.4 Å². The summed E-state index contributed by atoms with van der Waals surface area (Å²) >= 11 is 0. The zero-order valence-electron chi connectivity index (χ0n) is 12.2. The number of amides is 1. The molecule has 0 bridgehead atoms. The van der Waals surface area contributed by atoms with E-state index in [4.69, 9.17) is 5.11 Å². The van der Waals surface area contributed by atoms with Gasteiger partial charge in [-0.15, -0.1) is 0 Å². The summed E-state index contributed by atoms with van der Waals surface area (Å²) < 4.78 is 0. The zero-order valence-corrected chi connectivity index (χ0v) is 12.2. The number of carboxylic acids is 1. The second-order valence-electron chi connectivity index (χ2n) is 4.77. The average Bonchev–Trinajstić information content (AvgIpc) is 2.53. The molecule has 4 nitrogen and oxygen atoms in total. The maximum Gasteiger partial charge on any atom is 0.337 e. The largest absolute Gasteiger partial charge is 0.478 e. The van der Waals surface area contributed by atoms with Gasteiger partial charge >= 0.3 is 5.97 Å². The molecule has 0 fully saturated rings. The van der Waals surface area contributed by atoms with Gasteiger partial charge in [-0.1, -0.05) is 43.3 Å². The van der Waals surface area contributed by atoms with E-state index in [9.17, 15) is 9.59 Å². The van der Waals surface area contributed by atoms with Gasteiger partial charge in [0.2, 0.25) is 5.91 Å². The number of carbonyl (C=O) groups is 2. The molecule has 1 amide bonds. The Kier molecular flexibility index (Phi) is 5.09. The Labute approximate surface area is 129 Å². The van der Waals surface area contributed by atoms with Crippen molar-refractivity contribution >= 4 is 23.6 Å². The molecule has 0 saturated carbocycles. The molecule has 0 spiro atoms. The summed E-state index contributed by atoms with van der Waals surface area (Å²) in [7, 11) is 0. The van der Waals surface area contributed by atoms with E-state index in [2.05, 4.69) is 12.2 Å². The Bertz CT molecular complexity index is 720. The van der Waals surface area contributed by atoms with Crippen molar-refractivity contribution in [2.24, 2.45) is 0 Å². The van der Waals surface area contributed by atoms with Crippen LogP contribution >= 0.6 is 0 Å². The van der Waals surface area contributed by atoms with Crippen LogP contribution in [0.5, 0.6) is 0 Å². The second kappa shape index (κ2) is 7.22. The van der Waals surface area contributed by atoms with Crippen LogP contribution < -0.4 is 5.32 Å². The van der Waals surface area contributed by atoms with E-state index >= 15 is 0 Å². The number of hydrogen-bond acceptors (Lipinski definition) is 2. The summed E-state index contributed by atoms with van der Waals surface area (Å²) in [6.07, 6.45) is 4.03. The van der Waals surface area contributed by atoms with E-state index in [1.165, 1.54) is 17.7 Å². The van der Waals surface area contributed by atoms with Crippen LogP contribution in [0.3, 0.4) is 0 Å². The molecule has 0 atom stereocenters. The highest BCUT2D eigenvalue weighted by atomic mass is 16.4. The van der Waals surface area contributed by atoms with Gasteiger partial charge in [0.15, 0.2) is 0 Å². The number of anilines is 1. The van der Waals surface area contributed by atoms with E-state index in [0.717, 1.165) is 12.0 Å². The number of carbonyl (C=O) groups excluding carboxylic acids is 1. The third-order valence-electron chi connectivity index (χ3n) is 3.20. The number of rotatable bonds is 5. The fourth-order valence-electron chi connectivity index (χ4n) is 2.04. The first-order valence-corrected chi connectivity index (χ1v) is 7.00. The summed E-state index contributed by atoms with van der Waals surface area (Å²) in [4.78, 5) is 23.0. The number of para-hydroxylation sites is 1. The standard InChI is InChI=1S/C18H17NO3/c1-2-13-6-5-7-14(12-13)10-11-17(20)19-16-9-4-3-8-15(16)18(21)22/h3-12H,2H2,1H3,(H,19,20)(H,21,22)/b11-10+. The smallest absolute Gasteiger partial charge is 0.337 e. The predicted molar refractivity (Wildman–Crippen MR) is 86.9 cm³/mol. The highest BCUT2D eigenvalue weighted by Gasteiger charge is 2.09. The maximum absolute atomic E-state index is 11.9. The highest BCUT2D eigenvalue weighted by molar-refractivity contribution is 6.06. The Morgan fingerprint density at radius 3 is 2.64 bits per heavy atom. The molecule has 0 aliphatic carbocycles. The minimum Gasteiger partial charge on any atom is -0.478 e. The quantitative estimate of drug-likeness (QED) is 0.828. The van der Waals surface area contributed by atoms with Crippen molar-refractivity contribution in [1.82, 2.24) is 0 Å². The van der Waals surface area contributed by atoms with E-state index in [-0.39, 0.29) is 17.2 Å². The van der Waals surface area contributed by atoms with Crippen molar-refractivity contribution in [3.05, 3.63) is 71.3 Å². The molecule has 0 saturated heterocycles. The lowest BCUT2D eigenvalue weighted by Gasteiger charge is -2.05. The third kappa shape index (κ3) is 4.06. The van der Waals surface area contributed by atoms with Crippen LogP contribution in [0.25, 0.3) is 6.08 Å². The van der Waals surface area contributed by atoms with Crippen LogP contribution in [0.15, 0.2) is 54.6 Å². The Morgan fingerprint density at radius 2 is 1.91 bits per heavy atom. The molecule has 2 aromatic carbocycles. The number of benzene rings is 2. The third-order valence-corrected chi connectivity index (χ3v) is 3.20. The molecule has 4 heteroatoms. The SMILES string of the molecule is CCc1cccc(/C=C/C(=O)Nc2ccccc2C(=O)O)c1. The van der Waals surface area contributed by atoms with Gasteiger partial charge in [-0.3, -0.25) is 4.79 Å². The molecule has 2 rings (SSSR count). The van der Waals surface area contributed by atoms with Crippen LogP contribution in [-0.2, 0) is 11.2 Å². The Balaban J connectivity index is 2.10.